The number of hydrogen-bond acceptors (Lipinski definition) is 3. The van der Waals surface area contributed by atoms with E-state index in [9.17, 15) is 4.79 Å². The van der Waals surface area contributed by atoms with Crippen LogP contribution in [0.3, 0.4) is 0 Å². The molecule has 0 aromatic heterocycles. The van der Waals surface area contributed by atoms with Crippen LogP contribution in [0.25, 0.3) is 0 Å². The Morgan fingerprint density at radius 2 is 2.06 bits per heavy atom. The number of esters is 1. The molecule has 0 aliphatic carbocycles. The number of rotatable bonds is 4. The van der Waals surface area contributed by atoms with Crippen LogP contribution in [0.2, 0.25) is 0 Å². The maximum absolute atomic E-state index is 10.7. The normalized spacial score (nSPS) is 27.5. The van der Waals surface area contributed by atoms with E-state index in [1.54, 1.807) is 0 Å². The van der Waals surface area contributed by atoms with E-state index < -0.39 is 0 Å². The number of carbonyl (C=O) groups is 1. The second-order valence-corrected chi connectivity index (χ2v) is 4.27. The number of benzene rings is 1. The molecule has 1 unspecified atom stereocenters. The van der Waals surface area contributed by atoms with E-state index in [0.717, 1.165) is 6.54 Å². The highest BCUT2D eigenvalue weighted by molar-refractivity contribution is 5.65. The van der Waals surface area contributed by atoms with Gasteiger partial charge >= 0.3 is 5.97 Å². The van der Waals surface area contributed by atoms with E-state index in [1.165, 1.54) is 12.5 Å². The Morgan fingerprint density at radius 3 is 2.69 bits per heavy atom. The summed E-state index contributed by atoms with van der Waals surface area (Å²) in [6.07, 6.45) is 0. The van der Waals surface area contributed by atoms with Gasteiger partial charge in [0.15, 0.2) is 0 Å². The Balaban J connectivity index is 1.82. The Labute approximate surface area is 96.0 Å². The second kappa shape index (κ2) is 4.66. The fraction of sp³-hybridized carbons (Fsp3) is 0.462. The van der Waals surface area contributed by atoms with Crippen molar-refractivity contribution in [2.45, 2.75) is 32.5 Å². The topological polar surface area (TPSA) is 29.3 Å². The Hall–Kier alpha value is -1.35. The van der Waals surface area contributed by atoms with Crippen LogP contribution in [-0.2, 0) is 16.1 Å². The van der Waals surface area contributed by atoms with Gasteiger partial charge in [0, 0.05) is 19.5 Å². The van der Waals surface area contributed by atoms with Crippen molar-refractivity contribution in [3.05, 3.63) is 35.9 Å². The highest BCUT2D eigenvalue weighted by atomic mass is 16.5. The molecule has 16 heavy (non-hydrogen) atoms. The standard InChI is InChI=1S/C13H17NO2/c1-10-13(9-16-11(2)15)14(10)8-12-6-4-3-5-7-12/h3-7,10,13H,8-9H2,1-2H3/t10-,13-,14?/m1/s1. The number of hydrogen-bond donors (Lipinski definition) is 0. The van der Waals surface area contributed by atoms with Gasteiger partial charge in [-0.1, -0.05) is 30.3 Å². The average Bonchev–Trinajstić information content (AvgIpc) is 2.87. The van der Waals surface area contributed by atoms with Gasteiger partial charge in [0.2, 0.25) is 0 Å². The summed E-state index contributed by atoms with van der Waals surface area (Å²) in [7, 11) is 0. The molecule has 1 heterocycles. The van der Waals surface area contributed by atoms with E-state index in [2.05, 4.69) is 24.0 Å². The summed E-state index contributed by atoms with van der Waals surface area (Å²) in [4.78, 5) is 13.0. The maximum Gasteiger partial charge on any atom is 0.302 e. The molecule has 0 bridgehead atoms. The fourth-order valence-corrected chi connectivity index (χ4v) is 1.97. The number of carbonyl (C=O) groups excluding carboxylic acids is 1. The van der Waals surface area contributed by atoms with Crippen molar-refractivity contribution in [3.8, 4) is 0 Å². The second-order valence-electron chi connectivity index (χ2n) is 4.27. The minimum atomic E-state index is -0.196. The van der Waals surface area contributed by atoms with Crippen LogP contribution in [-0.4, -0.2) is 29.6 Å². The van der Waals surface area contributed by atoms with Gasteiger partial charge in [0.25, 0.3) is 0 Å². The summed E-state index contributed by atoms with van der Waals surface area (Å²) in [5.74, 6) is -0.196. The first-order valence-electron chi connectivity index (χ1n) is 5.61. The zero-order valence-electron chi connectivity index (χ0n) is 9.72. The van der Waals surface area contributed by atoms with E-state index >= 15 is 0 Å². The zero-order valence-corrected chi connectivity index (χ0v) is 9.72. The summed E-state index contributed by atoms with van der Waals surface area (Å²) in [5.41, 5.74) is 1.31. The number of ether oxygens (including phenoxy) is 1. The molecular weight excluding hydrogens is 202 g/mol. The van der Waals surface area contributed by atoms with Crippen LogP contribution in [0.15, 0.2) is 30.3 Å². The SMILES string of the molecule is CC(=O)OC[C@@H]1[C@@H](C)N1Cc1ccccc1. The molecule has 0 saturated carbocycles. The predicted molar refractivity (Wildman–Crippen MR) is 61.9 cm³/mol. The van der Waals surface area contributed by atoms with Gasteiger partial charge in [0.05, 0.1) is 6.04 Å². The van der Waals surface area contributed by atoms with Gasteiger partial charge in [-0.3, -0.25) is 9.69 Å². The average molecular weight is 219 g/mol. The first kappa shape index (κ1) is 11.1. The third-order valence-electron chi connectivity index (χ3n) is 3.08. The molecule has 1 saturated heterocycles. The van der Waals surface area contributed by atoms with Crippen molar-refractivity contribution >= 4 is 5.97 Å². The van der Waals surface area contributed by atoms with Crippen LogP contribution < -0.4 is 0 Å². The molecule has 2 rings (SSSR count). The molecule has 1 aliphatic heterocycles. The first-order chi connectivity index (χ1) is 7.68. The Kier molecular flexibility index (Phi) is 3.25. The maximum atomic E-state index is 10.7. The summed E-state index contributed by atoms with van der Waals surface area (Å²) in [5, 5.41) is 0. The van der Waals surface area contributed by atoms with Gasteiger partial charge in [0.1, 0.15) is 6.61 Å². The Bertz CT molecular complexity index is 363. The third kappa shape index (κ3) is 2.61. The molecular formula is C13H17NO2. The Morgan fingerprint density at radius 1 is 1.38 bits per heavy atom. The third-order valence-corrected chi connectivity index (χ3v) is 3.08. The van der Waals surface area contributed by atoms with Gasteiger partial charge in [-0.05, 0) is 12.5 Å². The van der Waals surface area contributed by atoms with Gasteiger partial charge in [-0.25, -0.2) is 0 Å². The van der Waals surface area contributed by atoms with Crippen molar-refractivity contribution in [2.24, 2.45) is 0 Å². The summed E-state index contributed by atoms with van der Waals surface area (Å²) >= 11 is 0. The van der Waals surface area contributed by atoms with Crippen molar-refractivity contribution in [2.75, 3.05) is 6.61 Å². The first-order valence-corrected chi connectivity index (χ1v) is 5.61. The molecule has 3 nitrogen and oxygen atoms in total. The molecule has 3 atom stereocenters. The van der Waals surface area contributed by atoms with Crippen LogP contribution in [0.5, 0.6) is 0 Å². The van der Waals surface area contributed by atoms with Gasteiger partial charge in [-0.15, -0.1) is 0 Å². The quantitative estimate of drug-likeness (QED) is 0.571. The van der Waals surface area contributed by atoms with E-state index in [1.807, 2.05) is 18.2 Å². The molecule has 3 heteroatoms. The molecule has 1 aromatic rings. The molecule has 1 aliphatic rings. The van der Waals surface area contributed by atoms with Crippen molar-refractivity contribution in [1.82, 2.24) is 4.90 Å². The summed E-state index contributed by atoms with van der Waals surface area (Å²) < 4.78 is 5.02. The van der Waals surface area contributed by atoms with Crippen molar-refractivity contribution in [3.63, 3.8) is 0 Å². The molecule has 0 N–H and O–H groups in total. The summed E-state index contributed by atoms with van der Waals surface area (Å²) in [6.45, 7) is 5.07. The smallest absolute Gasteiger partial charge is 0.302 e. The molecule has 0 spiro atoms. The van der Waals surface area contributed by atoms with E-state index in [4.69, 9.17) is 4.74 Å². The van der Waals surface area contributed by atoms with Crippen LogP contribution >= 0.6 is 0 Å². The van der Waals surface area contributed by atoms with Gasteiger partial charge < -0.3 is 4.74 Å². The van der Waals surface area contributed by atoms with Crippen LogP contribution in [0.4, 0.5) is 0 Å². The fourth-order valence-electron chi connectivity index (χ4n) is 1.97. The van der Waals surface area contributed by atoms with E-state index in [0.29, 0.717) is 18.7 Å². The van der Waals surface area contributed by atoms with Crippen molar-refractivity contribution < 1.29 is 9.53 Å². The molecule has 1 fully saturated rings. The minimum absolute atomic E-state index is 0.196. The predicted octanol–water partition coefficient (Wildman–Crippen LogP) is 1.82. The molecule has 0 radical (unpaired) electrons. The highest BCUT2D eigenvalue weighted by Crippen LogP contribution is 2.30. The largest absolute Gasteiger partial charge is 0.464 e. The molecule has 0 amide bonds. The monoisotopic (exact) mass is 219 g/mol. The van der Waals surface area contributed by atoms with Crippen molar-refractivity contribution in [1.29, 1.82) is 0 Å². The number of nitrogens with zero attached hydrogens (tertiary/aromatic N) is 1. The lowest BCUT2D eigenvalue weighted by Gasteiger charge is -2.04. The lowest BCUT2D eigenvalue weighted by Crippen LogP contribution is -2.11. The zero-order chi connectivity index (χ0) is 11.5. The minimum Gasteiger partial charge on any atom is -0.464 e. The summed E-state index contributed by atoms with van der Waals surface area (Å²) in [6, 6.07) is 11.3. The lowest BCUT2D eigenvalue weighted by atomic mass is 10.2. The van der Waals surface area contributed by atoms with E-state index in [-0.39, 0.29) is 5.97 Å². The molecule has 86 valence electrons. The van der Waals surface area contributed by atoms with Crippen LogP contribution in [0.1, 0.15) is 19.4 Å². The molecule has 1 aromatic carbocycles. The van der Waals surface area contributed by atoms with Gasteiger partial charge in [-0.2, -0.15) is 0 Å². The highest BCUT2D eigenvalue weighted by Gasteiger charge is 2.44. The van der Waals surface area contributed by atoms with Crippen LogP contribution in [0, 0.1) is 0 Å². The lowest BCUT2D eigenvalue weighted by molar-refractivity contribution is -0.141.